The van der Waals surface area contributed by atoms with Gasteiger partial charge in [0.2, 0.25) is 0 Å². The molecule has 38 heavy (non-hydrogen) atoms. The lowest BCUT2D eigenvalue weighted by Gasteiger charge is -2.15. The van der Waals surface area contributed by atoms with Gasteiger partial charge in [0.1, 0.15) is 0 Å². The number of ether oxygens (including phenoxy) is 4. The van der Waals surface area contributed by atoms with Crippen molar-refractivity contribution < 1.29 is 38.1 Å². The van der Waals surface area contributed by atoms with Crippen molar-refractivity contribution >= 4 is 35.0 Å². The molecule has 11 nitrogen and oxygen atoms in total. The SMILES string of the molecule is COc1ccc(C(=O)Nc2ccc(NC(=O)c3cccc(OC)c3OC)c3c2C(=O)N(C)C3=O)cc1OC. The van der Waals surface area contributed by atoms with Gasteiger partial charge < -0.3 is 29.6 Å². The Hall–Kier alpha value is -5.06. The number of carbonyl (C=O) groups excluding carboxylic acids is 4. The van der Waals surface area contributed by atoms with Gasteiger partial charge >= 0.3 is 0 Å². The molecule has 0 saturated heterocycles. The van der Waals surface area contributed by atoms with Crippen molar-refractivity contribution in [3.8, 4) is 23.0 Å². The zero-order valence-corrected chi connectivity index (χ0v) is 21.3. The van der Waals surface area contributed by atoms with E-state index in [9.17, 15) is 19.2 Å². The number of methoxy groups -OCH3 is 4. The molecule has 4 amide bonds. The minimum atomic E-state index is -0.625. The maximum atomic E-state index is 13.1. The molecule has 3 aromatic carbocycles. The quantitative estimate of drug-likeness (QED) is 0.433. The number of nitrogens with zero attached hydrogens (tertiary/aromatic N) is 1. The fraction of sp³-hybridized carbons (Fsp3) is 0.185. The van der Waals surface area contributed by atoms with E-state index in [-0.39, 0.29) is 39.4 Å². The minimum Gasteiger partial charge on any atom is -0.493 e. The van der Waals surface area contributed by atoms with E-state index in [4.69, 9.17) is 18.9 Å². The number of anilines is 2. The lowest BCUT2D eigenvalue weighted by atomic mass is 10.0. The monoisotopic (exact) mass is 519 g/mol. The zero-order valence-electron chi connectivity index (χ0n) is 21.3. The van der Waals surface area contributed by atoms with E-state index in [2.05, 4.69) is 10.6 Å². The second-order valence-electron chi connectivity index (χ2n) is 8.10. The smallest absolute Gasteiger partial charge is 0.263 e. The summed E-state index contributed by atoms with van der Waals surface area (Å²) in [6.45, 7) is 0. The van der Waals surface area contributed by atoms with Gasteiger partial charge in [-0.2, -0.15) is 0 Å². The average Bonchev–Trinajstić information content (AvgIpc) is 3.17. The van der Waals surface area contributed by atoms with Crippen molar-refractivity contribution in [2.24, 2.45) is 0 Å². The first kappa shape index (κ1) is 26.0. The molecular formula is C27H25N3O8. The standard InChI is InChI=1S/C27H25N3O8/c1-30-26(33)21-16(28-24(31)14-9-12-18(35-2)20(13-14)37-4)10-11-17(22(21)27(30)34)29-25(32)15-7-6-8-19(36-3)23(15)38-5/h6-13H,1-5H3,(H,28,31)(H,29,32). The van der Waals surface area contributed by atoms with Gasteiger partial charge in [-0.3, -0.25) is 24.1 Å². The van der Waals surface area contributed by atoms with Gasteiger partial charge in [-0.15, -0.1) is 0 Å². The van der Waals surface area contributed by atoms with Crippen LogP contribution in [0, 0.1) is 0 Å². The summed E-state index contributed by atoms with van der Waals surface area (Å²) in [5.74, 6) is -1.02. The molecule has 1 heterocycles. The second kappa shape index (κ2) is 10.5. The van der Waals surface area contributed by atoms with Gasteiger partial charge in [0.25, 0.3) is 23.6 Å². The van der Waals surface area contributed by atoms with Crippen LogP contribution in [0.25, 0.3) is 0 Å². The van der Waals surface area contributed by atoms with E-state index in [1.807, 2.05) is 0 Å². The summed E-state index contributed by atoms with van der Waals surface area (Å²) in [6.07, 6.45) is 0. The fourth-order valence-electron chi connectivity index (χ4n) is 4.11. The van der Waals surface area contributed by atoms with Gasteiger partial charge in [0.05, 0.1) is 56.5 Å². The predicted molar refractivity (Wildman–Crippen MR) is 138 cm³/mol. The fourth-order valence-corrected chi connectivity index (χ4v) is 4.11. The number of hydrogen-bond acceptors (Lipinski definition) is 8. The van der Waals surface area contributed by atoms with Crippen LogP contribution in [-0.2, 0) is 0 Å². The first-order valence-electron chi connectivity index (χ1n) is 11.3. The molecule has 4 rings (SSSR count). The third kappa shape index (κ3) is 4.45. The predicted octanol–water partition coefficient (Wildman–Crippen LogP) is 3.45. The Morgan fingerprint density at radius 3 is 1.82 bits per heavy atom. The maximum Gasteiger partial charge on any atom is 0.263 e. The number of benzene rings is 3. The maximum absolute atomic E-state index is 13.1. The van der Waals surface area contributed by atoms with Crippen molar-refractivity contribution in [1.82, 2.24) is 4.90 Å². The largest absolute Gasteiger partial charge is 0.493 e. The topological polar surface area (TPSA) is 132 Å². The molecular weight excluding hydrogens is 494 g/mol. The third-order valence-electron chi connectivity index (χ3n) is 6.03. The van der Waals surface area contributed by atoms with Gasteiger partial charge in [0.15, 0.2) is 23.0 Å². The number of carbonyl (C=O) groups is 4. The average molecular weight is 520 g/mol. The van der Waals surface area contributed by atoms with Gasteiger partial charge in [-0.05, 0) is 42.5 Å². The molecule has 0 fully saturated rings. The van der Waals surface area contributed by atoms with Gasteiger partial charge in [-0.25, -0.2) is 0 Å². The van der Waals surface area contributed by atoms with Crippen molar-refractivity contribution in [3.05, 3.63) is 70.8 Å². The third-order valence-corrected chi connectivity index (χ3v) is 6.03. The Bertz CT molecular complexity index is 1470. The van der Waals surface area contributed by atoms with E-state index < -0.39 is 23.6 Å². The van der Waals surface area contributed by atoms with Crippen molar-refractivity contribution in [3.63, 3.8) is 0 Å². The molecule has 0 unspecified atom stereocenters. The highest BCUT2D eigenvalue weighted by Crippen LogP contribution is 2.36. The molecule has 3 aromatic rings. The Balaban J connectivity index is 1.70. The van der Waals surface area contributed by atoms with E-state index in [1.54, 1.807) is 18.2 Å². The number of nitrogens with one attached hydrogen (secondary N) is 2. The number of imide groups is 1. The van der Waals surface area contributed by atoms with Crippen LogP contribution >= 0.6 is 0 Å². The van der Waals surface area contributed by atoms with Crippen LogP contribution in [0.3, 0.4) is 0 Å². The normalized spacial score (nSPS) is 12.1. The van der Waals surface area contributed by atoms with Crippen molar-refractivity contribution in [1.29, 1.82) is 0 Å². The highest BCUT2D eigenvalue weighted by molar-refractivity contribution is 6.28. The molecule has 0 aromatic heterocycles. The minimum absolute atomic E-state index is 0.0401. The Morgan fingerprint density at radius 2 is 1.26 bits per heavy atom. The molecule has 0 spiro atoms. The summed E-state index contributed by atoms with van der Waals surface area (Å²) in [4.78, 5) is 53.1. The Labute approximate surface area is 218 Å². The van der Waals surface area contributed by atoms with Gasteiger partial charge in [0, 0.05) is 12.6 Å². The highest BCUT2D eigenvalue weighted by atomic mass is 16.5. The number of hydrogen-bond donors (Lipinski definition) is 2. The molecule has 1 aliphatic rings. The van der Waals surface area contributed by atoms with Crippen molar-refractivity contribution in [2.75, 3.05) is 46.1 Å². The lowest BCUT2D eigenvalue weighted by molar-refractivity contribution is 0.0693. The van der Waals surface area contributed by atoms with Crippen LogP contribution in [-0.4, -0.2) is 64.0 Å². The van der Waals surface area contributed by atoms with Crippen LogP contribution in [0.5, 0.6) is 23.0 Å². The summed E-state index contributed by atoms with van der Waals surface area (Å²) in [6, 6.07) is 12.3. The number of amides is 4. The van der Waals surface area contributed by atoms with Crippen LogP contribution in [0.15, 0.2) is 48.5 Å². The van der Waals surface area contributed by atoms with Gasteiger partial charge in [-0.1, -0.05) is 6.07 Å². The Kier molecular flexibility index (Phi) is 7.19. The van der Waals surface area contributed by atoms with E-state index in [0.717, 1.165) is 4.90 Å². The summed E-state index contributed by atoms with van der Waals surface area (Å²) in [7, 11) is 7.09. The molecule has 1 aliphatic heterocycles. The number of para-hydroxylation sites is 1. The van der Waals surface area contributed by atoms with Crippen LogP contribution in [0.2, 0.25) is 0 Å². The van der Waals surface area contributed by atoms with Crippen molar-refractivity contribution in [2.45, 2.75) is 0 Å². The summed E-state index contributed by atoms with van der Waals surface area (Å²) < 4.78 is 21.0. The zero-order chi connectivity index (χ0) is 27.6. The number of rotatable bonds is 8. The van der Waals surface area contributed by atoms with Crippen LogP contribution in [0.4, 0.5) is 11.4 Å². The first-order chi connectivity index (χ1) is 18.2. The lowest BCUT2D eigenvalue weighted by Crippen LogP contribution is -2.25. The highest BCUT2D eigenvalue weighted by Gasteiger charge is 2.38. The van der Waals surface area contributed by atoms with E-state index in [1.165, 1.54) is 65.8 Å². The molecule has 0 saturated carbocycles. The second-order valence-corrected chi connectivity index (χ2v) is 8.10. The summed E-state index contributed by atoms with van der Waals surface area (Å²) in [5.41, 5.74) is 0.529. The first-order valence-corrected chi connectivity index (χ1v) is 11.3. The van der Waals surface area contributed by atoms with E-state index >= 15 is 0 Å². The van der Waals surface area contributed by atoms with Crippen LogP contribution in [0.1, 0.15) is 41.4 Å². The molecule has 0 radical (unpaired) electrons. The van der Waals surface area contributed by atoms with E-state index in [0.29, 0.717) is 17.2 Å². The molecule has 0 bridgehead atoms. The molecule has 0 atom stereocenters. The van der Waals surface area contributed by atoms with Crippen LogP contribution < -0.4 is 29.6 Å². The molecule has 11 heteroatoms. The molecule has 196 valence electrons. The Morgan fingerprint density at radius 1 is 0.684 bits per heavy atom. The number of fused-ring (bicyclic) bond motifs is 1. The molecule has 2 N–H and O–H groups in total. The summed E-state index contributed by atoms with van der Waals surface area (Å²) >= 11 is 0. The summed E-state index contributed by atoms with van der Waals surface area (Å²) in [5, 5.41) is 5.36. The molecule has 0 aliphatic carbocycles.